The molecular weight excluding hydrogens is 266 g/mol. The molecule has 2 aromatic rings. The molecule has 0 spiro atoms. The fourth-order valence-corrected chi connectivity index (χ4v) is 2.78. The highest BCUT2D eigenvalue weighted by atomic mass is 16.6. The summed E-state index contributed by atoms with van der Waals surface area (Å²) < 4.78 is 7.09. The summed E-state index contributed by atoms with van der Waals surface area (Å²) in [6.45, 7) is 3.74. The Bertz CT molecular complexity index is 744. The molecule has 1 aliphatic heterocycles. The molecule has 0 fully saturated rings. The van der Waals surface area contributed by atoms with Crippen LogP contribution in [0.1, 0.15) is 19.5 Å². The van der Waals surface area contributed by atoms with E-state index in [0.29, 0.717) is 5.69 Å². The Morgan fingerprint density at radius 2 is 2.00 bits per heavy atom. The first-order valence-corrected chi connectivity index (χ1v) is 6.79. The van der Waals surface area contributed by atoms with Gasteiger partial charge in [0.25, 0.3) is 0 Å². The van der Waals surface area contributed by atoms with E-state index < -0.39 is 11.6 Å². The van der Waals surface area contributed by atoms with Crippen molar-refractivity contribution < 1.29 is 9.53 Å². The van der Waals surface area contributed by atoms with Gasteiger partial charge < -0.3 is 9.30 Å². The second-order valence-electron chi connectivity index (χ2n) is 4.97. The summed E-state index contributed by atoms with van der Waals surface area (Å²) in [5.41, 5.74) is 1.17. The predicted molar refractivity (Wildman–Crippen MR) is 78.2 cm³/mol. The largest absolute Gasteiger partial charge is 0.449 e. The van der Waals surface area contributed by atoms with Gasteiger partial charge in [0, 0.05) is 6.20 Å². The number of rotatable bonds is 1. The Labute approximate surface area is 123 Å². The van der Waals surface area contributed by atoms with Crippen LogP contribution in [0, 0.1) is 11.3 Å². The molecule has 0 radical (unpaired) electrons. The quantitative estimate of drug-likeness (QED) is 0.806. The van der Waals surface area contributed by atoms with E-state index in [4.69, 9.17) is 4.74 Å². The van der Waals surface area contributed by atoms with Crippen molar-refractivity contribution in [2.45, 2.75) is 19.4 Å². The van der Waals surface area contributed by atoms with E-state index in [2.05, 4.69) is 6.07 Å². The summed E-state index contributed by atoms with van der Waals surface area (Å²) in [6.07, 6.45) is 1.38. The van der Waals surface area contributed by atoms with E-state index in [-0.39, 0.29) is 6.61 Å². The van der Waals surface area contributed by atoms with Crippen LogP contribution < -0.4 is 4.90 Å². The number of benzene rings is 1. The van der Waals surface area contributed by atoms with Crippen LogP contribution in [-0.4, -0.2) is 17.3 Å². The van der Waals surface area contributed by atoms with Crippen molar-refractivity contribution in [2.24, 2.45) is 0 Å². The van der Waals surface area contributed by atoms with Crippen LogP contribution in [0.3, 0.4) is 0 Å². The maximum absolute atomic E-state index is 12.4. The van der Waals surface area contributed by atoms with Crippen molar-refractivity contribution in [3.63, 3.8) is 0 Å². The first kappa shape index (κ1) is 13.3. The minimum absolute atomic E-state index is 0.264. The van der Waals surface area contributed by atoms with E-state index in [0.717, 1.165) is 11.4 Å². The number of ether oxygens (including phenoxy) is 1. The summed E-state index contributed by atoms with van der Waals surface area (Å²) in [6, 6.07) is 13.5. The van der Waals surface area contributed by atoms with E-state index in [1.165, 1.54) is 4.90 Å². The van der Waals surface area contributed by atoms with Crippen molar-refractivity contribution in [1.82, 2.24) is 4.57 Å². The third kappa shape index (κ3) is 1.73. The minimum atomic E-state index is -1.11. The minimum Gasteiger partial charge on any atom is -0.449 e. The van der Waals surface area contributed by atoms with Gasteiger partial charge in [0.15, 0.2) is 5.54 Å². The Kier molecular flexibility index (Phi) is 2.95. The van der Waals surface area contributed by atoms with E-state index >= 15 is 0 Å². The van der Waals surface area contributed by atoms with Gasteiger partial charge in [0.05, 0.1) is 29.7 Å². The van der Waals surface area contributed by atoms with Crippen molar-refractivity contribution in [3.8, 4) is 11.8 Å². The Morgan fingerprint density at radius 1 is 1.29 bits per heavy atom. The zero-order valence-corrected chi connectivity index (χ0v) is 11.9. The van der Waals surface area contributed by atoms with Gasteiger partial charge in [-0.3, -0.25) is 4.90 Å². The highest BCUT2D eigenvalue weighted by Gasteiger charge is 2.45. The maximum atomic E-state index is 12.4. The highest BCUT2D eigenvalue weighted by Crippen LogP contribution is 2.42. The van der Waals surface area contributed by atoms with Crippen LogP contribution in [0.5, 0.6) is 0 Å². The fraction of sp³-hybridized carbons (Fsp3) is 0.250. The second-order valence-corrected chi connectivity index (χ2v) is 4.97. The molecule has 1 aromatic carbocycles. The van der Waals surface area contributed by atoms with Gasteiger partial charge in [0.1, 0.15) is 0 Å². The molecule has 5 nitrogen and oxygen atoms in total. The van der Waals surface area contributed by atoms with Crippen molar-refractivity contribution in [1.29, 1.82) is 5.26 Å². The topological polar surface area (TPSA) is 58.3 Å². The number of anilines is 1. The number of nitrogens with zero attached hydrogens (tertiary/aromatic N) is 3. The molecule has 1 aromatic heterocycles. The molecule has 1 atom stereocenters. The number of aromatic nitrogens is 1. The van der Waals surface area contributed by atoms with Crippen molar-refractivity contribution in [3.05, 3.63) is 48.3 Å². The van der Waals surface area contributed by atoms with Crippen molar-refractivity contribution >= 4 is 11.8 Å². The van der Waals surface area contributed by atoms with Gasteiger partial charge >= 0.3 is 6.09 Å². The van der Waals surface area contributed by atoms with E-state index in [1.807, 2.05) is 47.2 Å². The molecule has 1 aliphatic rings. The van der Waals surface area contributed by atoms with Crippen molar-refractivity contribution in [2.75, 3.05) is 11.5 Å². The number of hydrogen-bond donors (Lipinski definition) is 0. The number of hydrogen-bond acceptors (Lipinski definition) is 3. The Balaban J connectivity index is 2.28. The van der Waals surface area contributed by atoms with Crippen LogP contribution in [0.15, 0.2) is 42.6 Å². The predicted octanol–water partition coefficient (Wildman–Crippen LogP) is 3.19. The third-order valence-electron chi connectivity index (χ3n) is 3.75. The van der Waals surface area contributed by atoms with E-state index in [9.17, 15) is 10.1 Å². The smallest absolute Gasteiger partial charge is 0.416 e. The van der Waals surface area contributed by atoms with Crippen LogP contribution in [-0.2, 0) is 10.3 Å². The molecule has 1 amide bonds. The molecule has 106 valence electrons. The van der Waals surface area contributed by atoms with Gasteiger partial charge in [-0.15, -0.1) is 0 Å². The number of para-hydroxylation sites is 2. The monoisotopic (exact) mass is 281 g/mol. The van der Waals surface area contributed by atoms with Gasteiger partial charge in [0.2, 0.25) is 0 Å². The van der Waals surface area contributed by atoms with Crippen LogP contribution in [0.4, 0.5) is 10.5 Å². The normalized spacial score (nSPS) is 19.4. The summed E-state index contributed by atoms with van der Waals surface area (Å²) in [7, 11) is 0. The van der Waals surface area contributed by atoms with Crippen LogP contribution in [0.2, 0.25) is 0 Å². The molecule has 1 unspecified atom stereocenters. The van der Waals surface area contributed by atoms with Gasteiger partial charge in [-0.2, -0.15) is 5.26 Å². The van der Waals surface area contributed by atoms with Crippen LogP contribution in [0.25, 0.3) is 5.69 Å². The molecule has 3 rings (SSSR count). The van der Waals surface area contributed by atoms with Gasteiger partial charge in [-0.25, -0.2) is 4.79 Å². The molecule has 5 heteroatoms. The number of carbonyl (C=O) groups is 1. The molecule has 0 N–H and O–H groups in total. The lowest BCUT2D eigenvalue weighted by molar-refractivity contribution is 0.154. The molecule has 0 saturated carbocycles. The number of amides is 1. The first-order chi connectivity index (χ1) is 10.1. The molecule has 0 bridgehead atoms. The SMILES string of the molecule is CCOC(=O)N1c2ccccc2-n2cccc2C1(C)C#N. The number of carbonyl (C=O) groups excluding carboxylic acids is 1. The molecular formula is C16H15N3O2. The second kappa shape index (κ2) is 4.67. The van der Waals surface area contributed by atoms with Gasteiger partial charge in [-0.05, 0) is 38.1 Å². The third-order valence-corrected chi connectivity index (χ3v) is 3.75. The zero-order chi connectivity index (χ0) is 15.0. The summed E-state index contributed by atoms with van der Waals surface area (Å²) in [4.78, 5) is 13.8. The Morgan fingerprint density at radius 3 is 2.67 bits per heavy atom. The maximum Gasteiger partial charge on any atom is 0.416 e. The van der Waals surface area contributed by atoms with Crippen LogP contribution >= 0.6 is 0 Å². The lowest BCUT2D eigenvalue weighted by Gasteiger charge is -2.40. The lowest BCUT2D eigenvalue weighted by atomic mass is 9.93. The van der Waals surface area contributed by atoms with E-state index in [1.54, 1.807) is 13.8 Å². The highest BCUT2D eigenvalue weighted by molar-refractivity contribution is 5.94. The summed E-state index contributed by atoms with van der Waals surface area (Å²) in [5, 5.41) is 9.72. The van der Waals surface area contributed by atoms with Gasteiger partial charge in [-0.1, -0.05) is 12.1 Å². The molecule has 0 saturated heterocycles. The average molecular weight is 281 g/mol. The number of nitriles is 1. The Hall–Kier alpha value is -2.74. The fourth-order valence-electron chi connectivity index (χ4n) is 2.78. The first-order valence-electron chi connectivity index (χ1n) is 6.79. The average Bonchev–Trinajstić information content (AvgIpc) is 2.98. The summed E-state index contributed by atoms with van der Waals surface area (Å²) in [5.74, 6) is 0. The number of fused-ring (bicyclic) bond motifs is 3. The zero-order valence-electron chi connectivity index (χ0n) is 11.9. The molecule has 21 heavy (non-hydrogen) atoms. The molecule has 0 aliphatic carbocycles. The summed E-state index contributed by atoms with van der Waals surface area (Å²) >= 11 is 0. The molecule has 2 heterocycles. The standard InChI is InChI=1S/C16H15N3O2/c1-3-21-15(20)19-13-8-5-4-7-12(13)18-10-6-9-14(18)16(19,2)11-17/h4-10H,3H2,1-2H3. The lowest BCUT2D eigenvalue weighted by Crippen LogP contribution is -2.51.